The molecule has 152 valence electrons. The Morgan fingerprint density at radius 2 is 1.82 bits per heavy atom. The Labute approximate surface area is 170 Å². The molecule has 1 aliphatic rings. The molecule has 0 saturated heterocycles. The number of nitro benzene ring substituents is 1. The average molecular weight is 408 g/mol. The number of fused-ring (bicyclic) bond motifs is 1. The van der Waals surface area contributed by atoms with Crippen molar-refractivity contribution in [1.29, 1.82) is 0 Å². The Kier molecular flexibility index (Phi) is 8.56. The first-order valence-corrected chi connectivity index (χ1v) is 8.71. The van der Waals surface area contributed by atoms with Gasteiger partial charge in [0.1, 0.15) is 0 Å². The van der Waals surface area contributed by atoms with Crippen molar-refractivity contribution >= 4 is 24.0 Å². The lowest BCUT2D eigenvalue weighted by Crippen LogP contribution is -2.44. The summed E-state index contributed by atoms with van der Waals surface area (Å²) < 4.78 is 0. The van der Waals surface area contributed by atoms with E-state index >= 15 is 0 Å². The summed E-state index contributed by atoms with van der Waals surface area (Å²) >= 11 is 0. The molecule has 1 heterocycles. The molecule has 0 fully saturated rings. The minimum atomic E-state index is -0.425. The summed E-state index contributed by atoms with van der Waals surface area (Å²) in [6.07, 6.45) is 0.853. The molecule has 0 spiro atoms. The lowest BCUT2D eigenvalue weighted by Gasteiger charge is -2.39. The summed E-state index contributed by atoms with van der Waals surface area (Å²) in [6, 6.07) is 14.6. The van der Waals surface area contributed by atoms with E-state index < -0.39 is 4.92 Å². The lowest BCUT2D eigenvalue weighted by atomic mass is 9.91. The number of carbonyl (C=O) groups excluding carboxylic acids is 1. The van der Waals surface area contributed by atoms with E-state index in [4.69, 9.17) is 0 Å². The van der Waals surface area contributed by atoms with E-state index in [9.17, 15) is 14.9 Å². The standard InChI is InChI=1S/C20H23N3O3.ClH.H2O/c1-21(2)14-19-17-9-5-3-7-15(17)11-12-22(19)20(24)13-16-8-4-6-10-18(16)23(25)26;;/h3-10,19H,11-14H2,1-2H3;1H;1H2. The van der Waals surface area contributed by atoms with Crippen molar-refractivity contribution in [1.82, 2.24) is 9.80 Å². The highest BCUT2D eigenvalue weighted by molar-refractivity contribution is 5.85. The van der Waals surface area contributed by atoms with Gasteiger partial charge in [0.05, 0.1) is 17.4 Å². The first kappa shape index (κ1) is 23.6. The molecule has 1 aliphatic heterocycles. The van der Waals surface area contributed by atoms with E-state index in [0.29, 0.717) is 12.1 Å². The number of rotatable bonds is 5. The molecule has 0 aromatic heterocycles. The first-order valence-electron chi connectivity index (χ1n) is 8.71. The number of halogens is 1. The number of likely N-dealkylation sites (N-methyl/N-ethyl adjacent to an activating group) is 1. The molecule has 2 aromatic rings. The highest BCUT2D eigenvalue weighted by atomic mass is 35.5. The van der Waals surface area contributed by atoms with Crippen molar-refractivity contribution in [2.45, 2.75) is 18.9 Å². The van der Waals surface area contributed by atoms with Gasteiger partial charge < -0.3 is 15.3 Å². The second kappa shape index (κ2) is 10.2. The van der Waals surface area contributed by atoms with Crippen LogP contribution in [0.4, 0.5) is 5.69 Å². The van der Waals surface area contributed by atoms with Gasteiger partial charge in [-0.3, -0.25) is 14.9 Å². The topological polar surface area (TPSA) is 98.2 Å². The molecule has 0 bridgehead atoms. The Morgan fingerprint density at radius 3 is 2.50 bits per heavy atom. The lowest BCUT2D eigenvalue weighted by molar-refractivity contribution is -0.385. The smallest absolute Gasteiger partial charge is 0.273 e. The predicted octanol–water partition coefficient (Wildman–Crippen LogP) is 2.42. The van der Waals surface area contributed by atoms with Crippen LogP contribution in [-0.2, 0) is 17.6 Å². The third-order valence-corrected chi connectivity index (χ3v) is 4.80. The van der Waals surface area contributed by atoms with Gasteiger partial charge in [0.15, 0.2) is 0 Å². The van der Waals surface area contributed by atoms with E-state index in [1.165, 1.54) is 17.2 Å². The molecule has 1 atom stereocenters. The minimum absolute atomic E-state index is 0. The summed E-state index contributed by atoms with van der Waals surface area (Å²) in [5, 5.41) is 11.2. The molecule has 0 radical (unpaired) electrons. The molecule has 3 rings (SSSR count). The molecule has 0 saturated carbocycles. The van der Waals surface area contributed by atoms with Crippen molar-refractivity contribution in [3.63, 3.8) is 0 Å². The Morgan fingerprint density at radius 1 is 1.18 bits per heavy atom. The first-order chi connectivity index (χ1) is 12.5. The van der Waals surface area contributed by atoms with Crippen molar-refractivity contribution in [3.8, 4) is 0 Å². The fourth-order valence-electron chi connectivity index (χ4n) is 3.60. The van der Waals surface area contributed by atoms with Crippen LogP contribution in [0.1, 0.15) is 22.7 Å². The van der Waals surface area contributed by atoms with Crippen LogP contribution in [0.5, 0.6) is 0 Å². The Balaban J connectivity index is 0.00000196. The molecular weight excluding hydrogens is 382 g/mol. The number of hydrogen-bond acceptors (Lipinski definition) is 4. The summed E-state index contributed by atoms with van der Waals surface area (Å²) in [7, 11) is 3.98. The van der Waals surface area contributed by atoms with Gasteiger partial charge >= 0.3 is 0 Å². The van der Waals surface area contributed by atoms with Gasteiger partial charge in [-0.1, -0.05) is 42.5 Å². The number of hydrogen-bond donors (Lipinski definition) is 0. The number of carbonyl (C=O) groups is 1. The van der Waals surface area contributed by atoms with Gasteiger partial charge in [-0.25, -0.2) is 0 Å². The molecule has 8 heteroatoms. The number of amides is 1. The van der Waals surface area contributed by atoms with Crippen LogP contribution in [0.25, 0.3) is 0 Å². The number of nitrogens with zero attached hydrogens (tertiary/aromatic N) is 3. The van der Waals surface area contributed by atoms with E-state index in [-0.39, 0.29) is 41.9 Å². The molecular formula is C20H26ClN3O4. The number of benzene rings is 2. The normalized spacial score (nSPS) is 15.2. The summed E-state index contributed by atoms with van der Waals surface area (Å²) in [4.78, 5) is 27.8. The van der Waals surface area contributed by atoms with Crippen LogP contribution < -0.4 is 0 Å². The summed E-state index contributed by atoms with van der Waals surface area (Å²) in [5.41, 5.74) is 2.91. The molecule has 1 unspecified atom stereocenters. The van der Waals surface area contributed by atoms with E-state index in [0.717, 1.165) is 13.0 Å². The third-order valence-electron chi connectivity index (χ3n) is 4.80. The van der Waals surface area contributed by atoms with E-state index in [1.807, 2.05) is 31.1 Å². The molecule has 28 heavy (non-hydrogen) atoms. The second-order valence-electron chi connectivity index (χ2n) is 6.88. The van der Waals surface area contributed by atoms with Gasteiger partial charge in [-0.05, 0) is 31.6 Å². The highest BCUT2D eigenvalue weighted by Crippen LogP contribution is 2.31. The zero-order valence-electron chi connectivity index (χ0n) is 16.0. The third kappa shape index (κ3) is 5.07. The summed E-state index contributed by atoms with van der Waals surface area (Å²) in [6.45, 7) is 1.36. The quantitative estimate of drug-likeness (QED) is 0.561. The fraction of sp³-hybridized carbons (Fsp3) is 0.350. The fourth-order valence-corrected chi connectivity index (χ4v) is 3.60. The van der Waals surface area contributed by atoms with Crippen LogP contribution in [0.15, 0.2) is 48.5 Å². The zero-order chi connectivity index (χ0) is 18.7. The van der Waals surface area contributed by atoms with Crippen LogP contribution in [0, 0.1) is 10.1 Å². The molecule has 7 nitrogen and oxygen atoms in total. The molecule has 0 aliphatic carbocycles. The largest absolute Gasteiger partial charge is 0.412 e. The predicted molar refractivity (Wildman–Crippen MR) is 111 cm³/mol. The van der Waals surface area contributed by atoms with E-state index in [1.54, 1.807) is 18.2 Å². The molecule has 1 amide bonds. The van der Waals surface area contributed by atoms with E-state index in [2.05, 4.69) is 17.0 Å². The zero-order valence-corrected chi connectivity index (χ0v) is 16.8. The second-order valence-corrected chi connectivity index (χ2v) is 6.88. The summed E-state index contributed by atoms with van der Waals surface area (Å²) in [5.74, 6) is -0.0688. The highest BCUT2D eigenvalue weighted by Gasteiger charge is 2.31. The van der Waals surface area contributed by atoms with Crippen molar-refractivity contribution < 1.29 is 15.2 Å². The van der Waals surface area contributed by atoms with Gasteiger partial charge in [0.25, 0.3) is 5.69 Å². The molecule has 2 aromatic carbocycles. The van der Waals surface area contributed by atoms with Crippen molar-refractivity contribution in [2.75, 3.05) is 27.2 Å². The van der Waals surface area contributed by atoms with Crippen LogP contribution in [-0.4, -0.2) is 53.3 Å². The van der Waals surface area contributed by atoms with Gasteiger partial charge in [0.2, 0.25) is 5.91 Å². The number of para-hydroxylation sites is 1. The van der Waals surface area contributed by atoms with Crippen molar-refractivity contribution in [2.24, 2.45) is 0 Å². The maximum absolute atomic E-state index is 13.0. The minimum Gasteiger partial charge on any atom is -0.412 e. The average Bonchev–Trinajstić information content (AvgIpc) is 2.61. The maximum Gasteiger partial charge on any atom is 0.273 e. The van der Waals surface area contributed by atoms with Gasteiger partial charge in [-0.15, -0.1) is 12.4 Å². The Hall–Kier alpha value is -2.48. The van der Waals surface area contributed by atoms with Gasteiger partial charge in [-0.2, -0.15) is 0 Å². The van der Waals surface area contributed by atoms with Gasteiger partial charge in [0, 0.05) is 24.7 Å². The number of nitro groups is 1. The molecule has 2 N–H and O–H groups in total. The monoisotopic (exact) mass is 407 g/mol. The van der Waals surface area contributed by atoms with Crippen LogP contribution in [0.2, 0.25) is 0 Å². The van der Waals surface area contributed by atoms with Crippen LogP contribution >= 0.6 is 12.4 Å². The maximum atomic E-state index is 13.0. The Bertz CT molecular complexity index is 829. The van der Waals surface area contributed by atoms with Crippen molar-refractivity contribution in [3.05, 3.63) is 75.3 Å². The van der Waals surface area contributed by atoms with Crippen LogP contribution in [0.3, 0.4) is 0 Å². The SMILES string of the molecule is CN(C)CC1c2ccccc2CCN1C(=O)Cc1ccccc1[N+](=O)[O-].Cl.O.